The molecule has 4 aromatic rings. The summed E-state index contributed by atoms with van der Waals surface area (Å²) in [4.78, 5) is 29.0. The van der Waals surface area contributed by atoms with Gasteiger partial charge in [-0.15, -0.1) is 11.3 Å². The molecule has 5 atom stereocenters. The molecular formula is C34H40ClN5O4S. The summed E-state index contributed by atoms with van der Waals surface area (Å²) in [5.41, 5.74) is 3.47. The number of hydrogen-bond donors (Lipinski definition) is 0. The number of carbonyl (C=O) groups is 1. The molecule has 3 aliphatic rings. The van der Waals surface area contributed by atoms with Crippen LogP contribution in [0.5, 0.6) is 0 Å². The zero-order valence-electron chi connectivity index (χ0n) is 26.4. The van der Waals surface area contributed by atoms with Gasteiger partial charge >= 0.3 is 6.09 Å². The molecule has 9 nitrogen and oxygen atoms in total. The van der Waals surface area contributed by atoms with E-state index in [0.29, 0.717) is 13.1 Å². The van der Waals surface area contributed by atoms with E-state index in [1.807, 2.05) is 45.6 Å². The highest BCUT2D eigenvalue weighted by molar-refractivity contribution is 7.13. The van der Waals surface area contributed by atoms with Crippen LogP contribution in [0.1, 0.15) is 71.2 Å². The molecule has 1 unspecified atom stereocenters. The van der Waals surface area contributed by atoms with Crippen LogP contribution in [0.25, 0.3) is 21.6 Å². The standard InChI is InChI=1S/C34H40ClN5O4S/c1-33(2,3)44-32(41)39-13-9-12-21(17-39)23-15-26(28-27(23)42-34(4,5)43-28)40-18-25(24-16-36-31(35)38-29(24)40)30-37-22(19-45-30)14-20-10-7-6-8-11-20/h6-8,10-11,16,18-19,21,23,26-28H,9,12-15,17H2,1-5H3/t21?,23-,26-,27-,28+/m1/s1. The minimum absolute atomic E-state index is 0.0374. The smallest absolute Gasteiger partial charge is 0.410 e. The van der Waals surface area contributed by atoms with Crippen LogP contribution in [0.3, 0.4) is 0 Å². The van der Waals surface area contributed by atoms with Crippen molar-refractivity contribution in [2.24, 2.45) is 11.8 Å². The number of carbonyl (C=O) groups excluding carboxylic acids is 1. The molecule has 0 N–H and O–H groups in total. The Kier molecular flexibility index (Phi) is 7.91. The summed E-state index contributed by atoms with van der Waals surface area (Å²) in [5.74, 6) is -0.255. The quantitative estimate of drug-likeness (QED) is 0.206. The number of thiazole rings is 1. The molecule has 3 aromatic heterocycles. The van der Waals surface area contributed by atoms with E-state index in [0.717, 1.165) is 53.0 Å². The van der Waals surface area contributed by atoms with E-state index in [2.05, 4.69) is 45.4 Å². The van der Waals surface area contributed by atoms with Crippen molar-refractivity contribution in [1.82, 2.24) is 24.4 Å². The zero-order valence-corrected chi connectivity index (χ0v) is 28.0. The summed E-state index contributed by atoms with van der Waals surface area (Å²) in [5, 5.41) is 4.16. The van der Waals surface area contributed by atoms with Crippen LogP contribution in [-0.2, 0) is 20.6 Å². The van der Waals surface area contributed by atoms with Gasteiger partial charge in [0.2, 0.25) is 5.28 Å². The molecule has 2 saturated heterocycles. The monoisotopic (exact) mass is 649 g/mol. The number of likely N-dealkylation sites (tertiary alicyclic amines) is 1. The summed E-state index contributed by atoms with van der Waals surface area (Å²) in [6.45, 7) is 11.0. The van der Waals surface area contributed by atoms with Crippen LogP contribution in [0.2, 0.25) is 5.28 Å². The van der Waals surface area contributed by atoms with Crippen molar-refractivity contribution in [3.63, 3.8) is 0 Å². The molecule has 45 heavy (non-hydrogen) atoms. The molecule has 11 heteroatoms. The van der Waals surface area contributed by atoms with Crippen molar-refractivity contribution in [3.05, 3.63) is 64.6 Å². The van der Waals surface area contributed by atoms with E-state index in [1.54, 1.807) is 17.5 Å². The fourth-order valence-electron chi connectivity index (χ4n) is 7.33. The summed E-state index contributed by atoms with van der Waals surface area (Å²) in [6, 6.07) is 10.3. The number of ether oxygens (including phenoxy) is 3. The van der Waals surface area contributed by atoms with E-state index >= 15 is 0 Å². The zero-order chi connectivity index (χ0) is 31.5. The Morgan fingerprint density at radius 3 is 2.71 bits per heavy atom. The maximum atomic E-state index is 13.0. The van der Waals surface area contributed by atoms with Crippen molar-refractivity contribution < 1.29 is 19.0 Å². The Balaban J connectivity index is 1.21. The first-order valence-electron chi connectivity index (χ1n) is 15.8. The predicted octanol–water partition coefficient (Wildman–Crippen LogP) is 7.53. The molecule has 0 spiro atoms. The normalized spacial score (nSPS) is 26.4. The van der Waals surface area contributed by atoms with Gasteiger partial charge in [0.1, 0.15) is 22.4 Å². The van der Waals surface area contributed by atoms with Crippen LogP contribution >= 0.6 is 22.9 Å². The van der Waals surface area contributed by atoms with Crippen molar-refractivity contribution in [1.29, 1.82) is 0 Å². The topological polar surface area (TPSA) is 91.6 Å². The number of benzene rings is 1. The number of nitrogens with zero attached hydrogens (tertiary/aromatic N) is 5. The van der Waals surface area contributed by atoms with Gasteiger partial charge in [-0.3, -0.25) is 0 Å². The van der Waals surface area contributed by atoms with E-state index in [4.69, 9.17) is 35.8 Å². The second-order valence-corrected chi connectivity index (χ2v) is 15.2. The third-order valence-corrected chi connectivity index (χ3v) is 10.2. The van der Waals surface area contributed by atoms with Gasteiger partial charge in [-0.1, -0.05) is 30.3 Å². The van der Waals surface area contributed by atoms with Crippen LogP contribution < -0.4 is 0 Å². The van der Waals surface area contributed by atoms with Gasteiger partial charge < -0.3 is 23.7 Å². The number of amides is 1. The summed E-state index contributed by atoms with van der Waals surface area (Å²) >= 11 is 8.02. The highest BCUT2D eigenvalue weighted by Crippen LogP contribution is 2.52. The lowest BCUT2D eigenvalue weighted by Crippen LogP contribution is -2.46. The first-order valence-corrected chi connectivity index (χ1v) is 17.1. The van der Waals surface area contributed by atoms with E-state index in [-0.39, 0.29) is 41.5 Å². The third-order valence-electron chi connectivity index (χ3n) is 9.10. The van der Waals surface area contributed by atoms with Gasteiger partial charge in [0.15, 0.2) is 5.79 Å². The molecule has 1 aromatic carbocycles. The molecule has 7 rings (SSSR count). The van der Waals surface area contributed by atoms with Gasteiger partial charge in [-0.25, -0.2) is 14.8 Å². The average Bonchev–Trinajstić information content (AvgIpc) is 3.74. The summed E-state index contributed by atoms with van der Waals surface area (Å²) in [6.07, 6.45) is 6.98. The molecule has 2 aliphatic heterocycles. The third kappa shape index (κ3) is 6.22. The minimum atomic E-state index is -0.716. The van der Waals surface area contributed by atoms with Gasteiger partial charge in [0, 0.05) is 48.2 Å². The molecule has 0 bridgehead atoms. The lowest BCUT2D eigenvalue weighted by atomic mass is 9.83. The van der Waals surface area contributed by atoms with E-state index in [1.165, 1.54) is 5.56 Å². The van der Waals surface area contributed by atoms with Gasteiger partial charge in [0.05, 0.1) is 17.8 Å². The van der Waals surface area contributed by atoms with Crippen molar-refractivity contribution in [3.8, 4) is 10.6 Å². The molecule has 1 aliphatic carbocycles. The van der Waals surface area contributed by atoms with Crippen LogP contribution in [0.15, 0.2) is 48.1 Å². The largest absolute Gasteiger partial charge is 0.444 e. The van der Waals surface area contributed by atoms with E-state index in [9.17, 15) is 4.79 Å². The maximum absolute atomic E-state index is 13.0. The number of aromatic nitrogens is 4. The van der Waals surface area contributed by atoms with Crippen molar-refractivity contribution in [2.75, 3.05) is 13.1 Å². The summed E-state index contributed by atoms with van der Waals surface area (Å²) < 4.78 is 21.2. The Morgan fingerprint density at radius 2 is 1.93 bits per heavy atom. The Morgan fingerprint density at radius 1 is 1.16 bits per heavy atom. The molecule has 238 valence electrons. The average molecular weight is 650 g/mol. The second kappa shape index (κ2) is 11.6. The number of hydrogen-bond acceptors (Lipinski definition) is 8. The number of rotatable bonds is 5. The number of piperidine rings is 1. The molecular weight excluding hydrogens is 610 g/mol. The molecule has 1 amide bonds. The minimum Gasteiger partial charge on any atom is -0.444 e. The fraction of sp³-hybridized carbons (Fsp3) is 0.529. The first kappa shape index (κ1) is 30.6. The van der Waals surface area contributed by atoms with Crippen LogP contribution in [0, 0.1) is 11.8 Å². The lowest BCUT2D eigenvalue weighted by molar-refractivity contribution is -0.163. The second-order valence-electron chi connectivity index (χ2n) is 14.0. The molecule has 0 radical (unpaired) electrons. The number of halogens is 1. The lowest BCUT2D eigenvalue weighted by Gasteiger charge is -2.38. The first-order chi connectivity index (χ1) is 21.4. The van der Waals surface area contributed by atoms with Crippen LogP contribution in [0.4, 0.5) is 4.79 Å². The Bertz CT molecular complexity index is 1700. The van der Waals surface area contributed by atoms with Gasteiger partial charge in [-0.2, -0.15) is 4.98 Å². The predicted molar refractivity (Wildman–Crippen MR) is 174 cm³/mol. The highest BCUT2D eigenvalue weighted by Gasteiger charge is 2.57. The molecule has 1 saturated carbocycles. The van der Waals surface area contributed by atoms with Gasteiger partial charge in [-0.05, 0) is 82.9 Å². The van der Waals surface area contributed by atoms with Gasteiger partial charge in [0.25, 0.3) is 0 Å². The SMILES string of the molecule is CC(C)(C)OC(=O)N1CCCC([C@H]2C[C@@H](n3cc(-c4nc(Cc5ccccc5)cs4)c4cnc(Cl)nc43)[C@@H]3OC(C)(C)O[C@@H]32)C1. The summed E-state index contributed by atoms with van der Waals surface area (Å²) in [7, 11) is 0. The van der Waals surface area contributed by atoms with Crippen molar-refractivity contribution in [2.45, 2.75) is 89.9 Å². The number of fused-ring (bicyclic) bond motifs is 2. The molecule has 3 fully saturated rings. The molecule has 5 heterocycles. The fourth-order valence-corrected chi connectivity index (χ4v) is 8.30. The Hall–Kier alpha value is -3.05. The highest BCUT2D eigenvalue weighted by atomic mass is 35.5. The maximum Gasteiger partial charge on any atom is 0.410 e. The van der Waals surface area contributed by atoms with Crippen molar-refractivity contribution >= 4 is 40.1 Å². The Labute approximate surface area is 272 Å². The van der Waals surface area contributed by atoms with Crippen LogP contribution in [-0.4, -0.2) is 67.2 Å². The van der Waals surface area contributed by atoms with E-state index < -0.39 is 11.4 Å².